The van der Waals surface area contributed by atoms with Gasteiger partial charge in [-0.2, -0.15) is 0 Å². The van der Waals surface area contributed by atoms with Gasteiger partial charge >= 0.3 is 5.97 Å². The van der Waals surface area contributed by atoms with Crippen LogP contribution in [0.25, 0.3) is 10.8 Å². The van der Waals surface area contributed by atoms with Crippen molar-refractivity contribution in [2.24, 2.45) is 0 Å². The molecule has 0 N–H and O–H groups in total. The van der Waals surface area contributed by atoms with Crippen LogP contribution in [0.5, 0.6) is 0 Å². The highest BCUT2D eigenvalue weighted by Gasteiger charge is 2.15. The second-order valence-corrected chi connectivity index (χ2v) is 4.16. The first-order valence-electron chi connectivity index (χ1n) is 4.78. The molecule has 0 fully saturated rings. The Bertz CT molecular complexity index is 566. The van der Waals surface area contributed by atoms with Crippen LogP contribution in [0.1, 0.15) is 16.1 Å². The summed E-state index contributed by atoms with van der Waals surface area (Å²) >= 11 is 3.36. The summed E-state index contributed by atoms with van der Waals surface area (Å²) in [5.74, 6) is -0.413. The summed E-state index contributed by atoms with van der Waals surface area (Å²) in [5, 5.41) is 2.00. The summed E-state index contributed by atoms with van der Waals surface area (Å²) in [7, 11) is 1.35. The average Bonchev–Trinajstić information content (AvgIpc) is 2.33. The fourth-order valence-corrected chi connectivity index (χ4v) is 2.18. The molecule has 16 heavy (non-hydrogen) atoms. The van der Waals surface area contributed by atoms with Gasteiger partial charge in [0.05, 0.1) is 7.11 Å². The fraction of sp³-hybridized carbons (Fsp3) is 0.167. The predicted octanol–water partition coefficient (Wildman–Crippen LogP) is 3.09. The number of carbonyl (C=O) groups is 1. The van der Waals surface area contributed by atoms with Crippen LogP contribution in [0, 0.1) is 6.92 Å². The maximum Gasteiger partial charge on any atom is 0.356 e. The Hall–Kier alpha value is -1.42. The average molecular weight is 280 g/mol. The number of ether oxygens (including phenoxy) is 1. The van der Waals surface area contributed by atoms with Gasteiger partial charge in [-0.15, -0.1) is 0 Å². The zero-order chi connectivity index (χ0) is 11.7. The Kier molecular flexibility index (Phi) is 2.92. The van der Waals surface area contributed by atoms with E-state index < -0.39 is 5.97 Å². The van der Waals surface area contributed by atoms with Crippen molar-refractivity contribution in [1.82, 2.24) is 4.98 Å². The van der Waals surface area contributed by atoms with Gasteiger partial charge < -0.3 is 4.74 Å². The van der Waals surface area contributed by atoms with Crippen molar-refractivity contribution >= 4 is 32.7 Å². The van der Waals surface area contributed by atoms with E-state index >= 15 is 0 Å². The first kappa shape index (κ1) is 11.1. The number of hydrogen-bond acceptors (Lipinski definition) is 3. The number of nitrogens with zero attached hydrogens (tertiary/aromatic N) is 1. The third kappa shape index (κ3) is 1.69. The SMILES string of the molecule is COC(=O)c1nc(Br)c2ccccc2c1C. The Labute approximate surface area is 102 Å². The highest BCUT2D eigenvalue weighted by Crippen LogP contribution is 2.26. The molecule has 4 heteroatoms. The third-order valence-electron chi connectivity index (χ3n) is 2.50. The van der Waals surface area contributed by atoms with Gasteiger partial charge in [-0.25, -0.2) is 9.78 Å². The number of fused-ring (bicyclic) bond motifs is 1. The lowest BCUT2D eigenvalue weighted by Crippen LogP contribution is -2.07. The summed E-state index contributed by atoms with van der Waals surface area (Å²) in [6.45, 7) is 1.87. The summed E-state index contributed by atoms with van der Waals surface area (Å²) in [6.07, 6.45) is 0. The molecule has 82 valence electrons. The quantitative estimate of drug-likeness (QED) is 0.595. The van der Waals surface area contributed by atoms with Crippen molar-refractivity contribution in [1.29, 1.82) is 0 Å². The number of rotatable bonds is 1. The molecule has 1 heterocycles. The van der Waals surface area contributed by atoms with Crippen LogP contribution in [-0.2, 0) is 4.74 Å². The molecule has 2 rings (SSSR count). The number of halogens is 1. The van der Waals surface area contributed by atoms with Gasteiger partial charge in [-0.1, -0.05) is 24.3 Å². The number of pyridine rings is 1. The topological polar surface area (TPSA) is 39.2 Å². The fourth-order valence-electron chi connectivity index (χ4n) is 1.66. The second kappa shape index (κ2) is 4.22. The minimum absolute atomic E-state index is 0.355. The molecule has 1 aromatic heterocycles. The Morgan fingerprint density at radius 1 is 1.31 bits per heavy atom. The first-order chi connectivity index (χ1) is 7.65. The highest BCUT2D eigenvalue weighted by atomic mass is 79.9. The smallest absolute Gasteiger partial charge is 0.356 e. The van der Waals surface area contributed by atoms with E-state index in [1.54, 1.807) is 0 Å². The van der Waals surface area contributed by atoms with Crippen LogP contribution >= 0.6 is 15.9 Å². The van der Waals surface area contributed by atoms with Crippen molar-refractivity contribution in [3.05, 3.63) is 40.1 Å². The van der Waals surface area contributed by atoms with E-state index in [1.807, 2.05) is 31.2 Å². The van der Waals surface area contributed by atoms with Gasteiger partial charge in [0, 0.05) is 5.39 Å². The van der Waals surface area contributed by atoms with Crippen molar-refractivity contribution in [3.63, 3.8) is 0 Å². The van der Waals surface area contributed by atoms with Gasteiger partial charge in [-0.05, 0) is 33.8 Å². The molecule has 0 bridgehead atoms. The van der Waals surface area contributed by atoms with E-state index in [0.29, 0.717) is 10.3 Å². The monoisotopic (exact) mass is 279 g/mol. The van der Waals surface area contributed by atoms with Crippen molar-refractivity contribution < 1.29 is 9.53 Å². The van der Waals surface area contributed by atoms with E-state index in [9.17, 15) is 4.79 Å². The maximum atomic E-state index is 11.5. The Balaban J connectivity index is 2.80. The van der Waals surface area contributed by atoms with Crippen molar-refractivity contribution in [3.8, 4) is 0 Å². The summed E-state index contributed by atoms with van der Waals surface area (Å²) in [6, 6.07) is 7.79. The van der Waals surface area contributed by atoms with Crippen molar-refractivity contribution in [2.75, 3.05) is 7.11 Å². The Morgan fingerprint density at radius 3 is 2.56 bits per heavy atom. The van der Waals surface area contributed by atoms with Crippen LogP contribution in [0.3, 0.4) is 0 Å². The zero-order valence-electron chi connectivity index (χ0n) is 8.95. The maximum absolute atomic E-state index is 11.5. The van der Waals surface area contributed by atoms with Crippen LogP contribution in [0.2, 0.25) is 0 Å². The van der Waals surface area contributed by atoms with E-state index in [2.05, 4.69) is 20.9 Å². The van der Waals surface area contributed by atoms with Crippen LogP contribution < -0.4 is 0 Å². The zero-order valence-corrected chi connectivity index (χ0v) is 10.5. The number of hydrogen-bond donors (Lipinski definition) is 0. The number of benzene rings is 1. The third-order valence-corrected chi connectivity index (χ3v) is 3.10. The molecular weight excluding hydrogens is 270 g/mol. The van der Waals surface area contributed by atoms with Gasteiger partial charge in [-0.3, -0.25) is 0 Å². The van der Waals surface area contributed by atoms with Gasteiger partial charge in [0.2, 0.25) is 0 Å². The van der Waals surface area contributed by atoms with E-state index in [4.69, 9.17) is 4.74 Å². The predicted molar refractivity (Wildman–Crippen MR) is 65.5 cm³/mol. The minimum atomic E-state index is -0.413. The molecule has 0 atom stereocenters. The molecular formula is C12H10BrNO2. The lowest BCUT2D eigenvalue weighted by molar-refractivity contribution is 0.0593. The molecule has 0 aliphatic rings. The molecule has 0 radical (unpaired) electrons. The summed E-state index contributed by atoms with van der Waals surface area (Å²) < 4.78 is 5.36. The number of methoxy groups -OCH3 is 1. The molecule has 0 aliphatic heterocycles. The van der Waals surface area contributed by atoms with Gasteiger partial charge in [0.1, 0.15) is 4.60 Å². The van der Waals surface area contributed by atoms with E-state index in [0.717, 1.165) is 16.3 Å². The molecule has 3 nitrogen and oxygen atoms in total. The number of aryl methyl sites for hydroxylation is 1. The van der Waals surface area contributed by atoms with Crippen LogP contribution in [-0.4, -0.2) is 18.1 Å². The lowest BCUT2D eigenvalue weighted by Gasteiger charge is -2.08. The van der Waals surface area contributed by atoms with Gasteiger partial charge in [0.25, 0.3) is 0 Å². The molecule has 2 aromatic rings. The first-order valence-corrected chi connectivity index (χ1v) is 5.57. The molecule has 0 amide bonds. The molecule has 0 unspecified atom stereocenters. The lowest BCUT2D eigenvalue weighted by atomic mass is 10.1. The normalized spacial score (nSPS) is 10.4. The van der Waals surface area contributed by atoms with E-state index in [-0.39, 0.29) is 0 Å². The molecule has 1 aromatic carbocycles. The van der Waals surface area contributed by atoms with Crippen LogP contribution in [0.15, 0.2) is 28.9 Å². The molecule has 0 spiro atoms. The van der Waals surface area contributed by atoms with Gasteiger partial charge in [0.15, 0.2) is 5.69 Å². The molecule has 0 aliphatic carbocycles. The van der Waals surface area contributed by atoms with Crippen LogP contribution in [0.4, 0.5) is 0 Å². The number of carbonyl (C=O) groups excluding carboxylic acids is 1. The molecule has 0 saturated carbocycles. The molecule has 0 saturated heterocycles. The summed E-state index contributed by atoms with van der Waals surface area (Å²) in [4.78, 5) is 15.7. The second-order valence-electron chi connectivity index (χ2n) is 3.41. The Morgan fingerprint density at radius 2 is 1.94 bits per heavy atom. The van der Waals surface area contributed by atoms with E-state index in [1.165, 1.54) is 7.11 Å². The van der Waals surface area contributed by atoms with Crippen molar-refractivity contribution in [2.45, 2.75) is 6.92 Å². The largest absolute Gasteiger partial charge is 0.464 e. The standard InChI is InChI=1S/C12H10BrNO2/c1-7-8-5-3-4-6-9(8)11(13)14-10(7)12(15)16-2/h3-6H,1-2H3. The summed E-state index contributed by atoms with van der Waals surface area (Å²) in [5.41, 5.74) is 1.19. The number of esters is 1. The highest BCUT2D eigenvalue weighted by molar-refractivity contribution is 9.10. The number of aromatic nitrogens is 1. The minimum Gasteiger partial charge on any atom is -0.464 e.